The third-order valence-electron chi connectivity index (χ3n) is 5.21. The van der Waals surface area contributed by atoms with Crippen LogP contribution in [0.5, 0.6) is 0 Å². The third-order valence-corrected chi connectivity index (χ3v) is 5.73. The van der Waals surface area contributed by atoms with Crippen molar-refractivity contribution in [1.82, 2.24) is 10.3 Å². The molecule has 0 saturated carbocycles. The minimum absolute atomic E-state index is 0.180. The van der Waals surface area contributed by atoms with Crippen LogP contribution >= 0.6 is 15.9 Å². The van der Waals surface area contributed by atoms with Gasteiger partial charge in [0.2, 0.25) is 0 Å². The Bertz CT molecular complexity index is 1080. The van der Waals surface area contributed by atoms with Crippen LogP contribution in [0.15, 0.2) is 53.0 Å². The molecule has 3 aromatic rings. The highest BCUT2D eigenvalue weighted by Gasteiger charge is 2.25. The van der Waals surface area contributed by atoms with E-state index < -0.39 is 5.97 Å². The van der Waals surface area contributed by atoms with Gasteiger partial charge >= 0.3 is 5.97 Å². The molecule has 0 saturated heterocycles. The van der Waals surface area contributed by atoms with Crippen molar-refractivity contribution in [2.75, 3.05) is 6.61 Å². The lowest BCUT2D eigenvalue weighted by atomic mass is 10.0. The topological polar surface area (TPSA) is 68.3 Å². The molecule has 4 rings (SSSR count). The van der Waals surface area contributed by atoms with Gasteiger partial charge in [0.1, 0.15) is 0 Å². The van der Waals surface area contributed by atoms with E-state index in [9.17, 15) is 9.59 Å². The zero-order valence-corrected chi connectivity index (χ0v) is 17.7. The van der Waals surface area contributed by atoms with Gasteiger partial charge in [-0.25, -0.2) is 4.79 Å². The van der Waals surface area contributed by atoms with Crippen molar-refractivity contribution in [2.24, 2.45) is 0 Å². The summed E-state index contributed by atoms with van der Waals surface area (Å²) in [5.74, 6) is -0.794. The quantitative estimate of drug-likeness (QED) is 0.577. The Balaban J connectivity index is 1.46. The van der Waals surface area contributed by atoms with E-state index in [0.717, 1.165) is 51.5 Å². The Morgan fingerprint density at radius 1 is 1.14 bits per heavy atom. The molecule has 1 N–H and O–H groups in total. The molecule has 1 aliphatic rings. The van der Waals surface area contributed by atoms with Crippen LogP contribution in [-0.2, 0) is 22.4 Å². The molecule has 0 spiro atoms. The van der Waals surface area contributed by atoms with Crippen LogP contribution in [0.1, 0.15) is 46.6 Å². The monoisotopic (exact) mass is 452 g/mol. The predicted molar refractivity (Wildman–Crippen MR) is 115 cm³/mol. The number of rotatable bonds is 5. The number of carbonyl (C=O) groups excluding carboxylic acids is 2. The van der Waals surface area contributed by atoms with E-state index in [0.29, 0.717) is 5.56 Å². The molecule has 5 nitrogen and oxygen atoms in total. The van der Waals surface area contributed by atoms with E-state index in [1.165, 1.54) is 0 Å². The van der Waals surface area contributed by atoms with Crippen LogP contribution < -0.4 is 5.32 Å². The maximum atomic E-state index is 12.9. The number of aromatic nitrogens is 1. The van der Waals surface area contributed by atoms with Crippen molar-refractivity contribution in [3.63, 3.8) is 0 Å². The number of ether oxygens (including phenoxy) is 1. The average Bonchev–Trinajstić information content (AvgIpc) is 3.18. The summed E-state index contributed by atoms with van der Waals surface area (Å²) >= 11 is 3.40. The Kier molecular flexibility index (Phi) is 5.62. The summed E-state index contributed by atoms with van der Waals surface area (Å²) in [6, 6.07) is 15.1. The van der Waals surface area contributed by atoms with Crippen LogP contribution in [0.3, 0.4) is 0 Å². The number of nitrogens with zero attached hydrogens (tertiary/aromatic N) is 1. The molecule has 1 amide bonds. The molecular weight excluding hydrogens is 432 g/mol. The normalized spacial score (nSPS) is 13.7. The highest BCUT2D eigenvalue weighted by Crippen LogP contribution is 2.30. The van der Waals surface area contributed by atoms with E-state index in [1.54, 1.807) is 0 Å². The van der Waals surface area contributed by atoms with Gasteiger partial charge in [-0.05, 0) is 55.5 Å². The van der Waals surface area contributed by atoms with Crippen LogP contribution in [0, 0.1) is 0 Å². The van der Waals surface area contributed by atoms with Gasteiger partial charge in [0, 0.05) is 15.6 Å². The number of esters is 1. The number of benzene rings is 2. The molecule has 148 valence electrons. The lowest BCUT2D eigenvalue weighted by Gasteiger charge is -2.15. The van der Waals surface area contributed by atoms with E-state index in [1.807, 2.05) is 55.5 Å². The Hall–Kier alpha value is -2.73. The predicted octanol–water partition coefficient (Wildman–Crippen LogP) is 4.52. The van der Waals surface area contributed by atoms with Crippen molar-refractivity contribution in [3.8, 4) is 0 Å². The van der Waals surface area contributed by atoms with Gasteiger partial charge < -0.3 is 10.1 Å². The summed E-state index contributed by atoms with van der Waals surface area (Å²) in [7, 11) is 0. The molecule has 1 atom stereocenters. The van der Waals surface area contributed by atoms with Crippen molar-refractivity contribution in [1.29, 1.82) is 0 Å². The molecule has 1 aliphatic carbocycles. The fourth-order valence-corrected chi connectivity index (χ4v) is 4.03. The Morgan fingerprint density at radius 2 is 1.90 bits per heavy atom. The summed E-state index contributed by atoms with van der Waals surface area (Å²) in [5.41, 5.74) is 4.23. The smallest absolute Gasteiger partial charge is 0.339 e. The lowest BCUT2D eigenvalue weighted by Crippen LogP contribution is -2.31. The molecule has 0 radical (unpaired) electrons. The number of aryl methyl sites for hydroxylation is 1. The second-order valence-corrected chi connectivity index (χ2v) is 8.12. The first-order valence-corrected chi connectivity index (χ1v) is 10.4. The van der Waals surface area contributed by atoms with E-state index in [-0.39, 0.29) is 18.6 Å². The van der Waals surface area contributed by atoms with Crippen molar-refractivity contribution in [3.05, 3.63) is 75.4 Å². The Labute approximate surface area is 177 Å². The molecule has 6 heteroatoms. The number of nitrogens with one attached hydrogen (secondary N) is 1. The first-order chi connectivity index (χ1) is 14.0. The number of halogens is 1. The maximum Gasteiger partial charge on any atom is 0.339 e. The van der Waals surface area contributed by atoms with Gasteiger partial charge in [0.05, 0.1) is 17.1 Å². The SMILES string of the molecule is CC(NC(=O)COC(=O)c1c2c(nc3ccccc13)CCC2)c1ccc(Br)cc1. The van der Waals surface area contributed by atoms with Gasteiger partial charge in [-0.2, -0.15) is 0 Å². The number of fused-ring (bicyclic) bond motifs is 2. The maximum absolute atomic E-state index is 12.9. The molecule has 1 aromatic heterocycles. The fourth-order valence-electron chi connectivity index (χ4n) is 3.77. The zero-order chi connectivity index (χ0) is 20.4. The molecular formula is C23H21BrN2O3. The number of pyridine rings is 1. The first-order valence-electron chi connectivity index (χ1n) is 9.65. The third kappa shape index (κ3) is 4.17. The highest BCUT2D eigenvalue weighted by atomic mass is 79.9. The summed E-state index contributed by atoms with van der Waals surface area (Å²) in [6.07, 6.45) is 2.65. The summed E-state index contributed by atoms with van der Waals surface area (Å²) < 4.78 is 6.37. The lowest BCUT2D eigenvalue weighted by molar-refractivity contribution is -0.124. The molecule has 1 heterocycles. The fraction of sp³-hybridized carbons (Fsp3) is 0.261. The van der Waals surface area contributed by atoms with Crippen molar-refractivity contribution >= 4 is 38.7 Å². The minimum Gasteiger partial charge on any atom is -0.452 e. The minimum atomic E-state index is -0.465. The largest absolute Gasteiger partial charge is 0.452 e. The second kappa shape index (κ2) is 8.33. The Morgan fingerprint density at radius 3 is 2.69 bits per heavy atom. The number of amides is 1. The van der Waals surface area contributed by atoms with Crippen molar-refractivity contribution in [2.45, 2.75) is 32.2 Å². The van der Waals surface area contributed by atoms with E-state index in [2.05, 4.69) is 26.2 Å². The number of carbonyl (C=O) groups is 2. The second-order valence-electron chi connectivity index (χ2n) is 7.20. The molecule has 0 fully saturated rings. The van der Waals surface area contributed by atoms with Crippen LogP contribution in [0.25, 0.3) is 10.9 Å². The molecule has 2 aromatic carbocycles. The van der Waals surface area contributed by atoms with Gasteiger partial charge in [0.25, 0.3) is 5.91 Å². The molecule has 29 heavy (non-hydrogen) atoms. The average molecular weight is 453 g/mol. The van der Waals surface area contributed by atoms with Gasteiger partial charge in [0.15, 0.2) is 6.61 Å². The van der Waals surface area contributed by atoms with Crippen molar-refractivity contribution < 1.29 is 14.3 Å². The summed E-state index contributed by atoms with van der Waals surface area (Å²) in [5, 5.41) is 3.65. The van der Waals surface area contributed by atoms with Gasteiger partial charge in [-0.3, -0.25) is 9.78 Å². The summed E-state index contributed by atoms with van der Waals surface area (Å²) in [6.45, 7) is 1.58. The highest BCUT2D eigenvalue weighted by molar-refractivity contribution is 9.10. The number of hydrogen-bond donors (Lipinski definition) is 1. The standard InChI is InChI=1S/C23H21BrN2O3/c1-14(15-9-11-16(24)12-10-15)25-21(27)13-29-23(28)22-17-5-2-3-7-19(17)26-20-8-4-6-18(20)22/h2-3,5,7,9-12,14H,4,6,8,13H2,1H3,(H,25,27). The van der Waals surface area contributed by atoms with Gasteiger partial charge in [-0.1, -0.05) is 46.3 Å². The van der Waals surface area contributed by atoms with E-state index in [4.69, 9.17) is 4.74 Å². The van der Waals surface area contributed by atoms with Gasteiger partial charge in [-0.15, -0.1) is 0 Å². The first kappa shape index (κ1) is 19.6. The zero-order valence-electron chi connectivity index (χ0n) is 16.1. The summed E-state index contributed by atoms with van der Waals surface area (Å²) in [4.78, 5) is 29.9. The van der Waals surface area contributed by atoms with E-state index >= 15 is 0 Å². The molecule has 0 bridgehead atoms. The number of hydrogen-bond acceptors (Lipinski definition) is 4. The van der Waals surface area contributed by atoms with Crippen LogP contribution in [-0.4, -0.2) is 23.5 Å². The molecule has 1 unspecified atom stereocenters. The number of para-hydroxylation sites is 1. The molecule has 0 aliphatic heterocycles. The van der Waals surface area contributed by atoms with Crippen LogP contribution in [0.4, 0.5) is 0 Å². The van der Waals surface area contributed by atoms with Crippen LogP contribution in [0.2, 0.25) is 0 Å².